The smallest absolute Gasteiger partial charge is 0.146 e. The first-order valence-corrected chi connectivity index (χ1v) is 6.31. The van der Waals surface area contributed by atoms with Crippen molar-refractivity contribution in [3.8, 4) is 0 Å². The van der Waals surface area contributed by atoms with Crippen LogP contribution in [0.3, 0.4) is 0 Å². The van der Waals surface area contributed by atoms with Crippen molar-refractivity contribution in [1.29, 1.82) is 0 Å². The minimum absolute atomic E-state index is 0.0983. The number of benzene rings is 1. The van der Waals surface area contributed by atoms with E-state index in [-0.39, 0.29) is 23.1 Å². The molecule has 18 heavy (non-hydrogen) atoms. The lowest BCUT2D eigenvalue weighted by Gasteiger charge is -2.28. The number of hydrogen-bond acceptors (Lipinski definition) is 3. The van der Waals surface area contributed by atoms with Crippen LogP contribution in [0.2, 0.25) is 0 Å². The summed E-state index contributed by atoms with van der Waals surface area (Å²) in [5.41, 5.74) is 3.27. The molecular formula is C12H16BrF2NO2. The summed E-state index contributed by atoms with van der Waals surface area (Å²) in [5, 5.41) is 10.4. The van der Waals surface area contributed by atoms with Gasteiger partial charge in [-0.1, -0.05) is 0 Å². The topological polar surface area (TPSA) is 55.5 Å². The minimum Gasteiger partial charge on any atom is -0.383 e. The number of rotatable bonds is 6. The second kappa shape index (κ2) is 6.56. The molecule has 1 aromatic rings. The van der Waals surface area contributed by atoms with Gasteiger partial charge < -0.3 is 15.6 Å². The van der Waals surface area contributed by atoms with E-state index in [1.54, 1.807) is 0 Å². The first-order chi connectivity index (χ1) is 8.46. The van der Waals surface area contributed by atoms with Crippen LogP contribution in [0.4, 0.5) is 8.78 Å². The van der Waals surface area contributed by atoms with Gasteiger partial charge in [0.15, 0.2) is 0 Å². The maximum Gasteiger partial charge on any atom is 0.146 e. The molecule has 0 aromatic heterocycles. The molecule has 1 atom stereocenters. The van der Waals surface area contributed by atoms with Crippen molar-refractivity contribution in [2.24, 2.45) is 5.73 Å². The highest BCUT2D eigenvalue weighted by atomic mass is 79.9. The largest absolute Gasteiger partial charge is 0.383 e. The van der Waals surface area contributed by atoms with E-state index in [0.717, 1.165) is 6.07 Å². The zero-order valence-electron chi connectivity index (χ0n) is 10.0. The van der Waals surface area contributed by atoms with Gasteiger partial charge in [-0.15, -0.1) is 0 Å². The Balaban J connectivity index is 3.24. The van der Waals surface area contributed by atoms with Crippen molar-refractivity contribution in [3.63, 3.8) is 0 Å². The van der Waals surface area contributed by atoms with Gasteiger partial charge in [0.05, 0.1) is 16.6 Å². The van der Waals surface area contributed by atoms with Crippen LogP contribution in [0.5, 0.6) is 0 Å². The summed E-state index contributed by atoms with van der Waals surface area (Å²) in [6, 6.07) is 2.36. The van der Waals surface area contributed by atoms with Gasteiger partial charge in [-0.2, -0.15) is 0 Å². The first-order valence-electron chi connectivity index (χ1n) is 5.51. The Morgan fingerprint density at radius 3 is 2.67 bits per heavy atom. The number of nitrogens with two attached hydrogens (primary N) is 1. The molecule has 0 heterocycles. The van der Waals surface area contributed by atoms with E-state index >= 15 is 0 Å². The van der Waals surface area contributed by atoms with Crippen molar-refractivity contribution >= 4 is 15.9 Å². The van der Waals surface area contributed by atoms with Crippen molar-refractivity contribution in [1.82, 2.24) is 0 Å². The third-order valence-corrected chi connectivity index (χ3v) is 3.30. The summed E-state index contributed by atoms with van der Waals surface area (Å²) < 4.78 is 32.7. The standard InChI is InChI=1S/C12H16BrF2NO2/c1-18-7-12(17,5-2-6-16)10-9(14)4-3-8(13)11(10)15/h3-4,17H,2,5-7,16H2,1H3. The SMILES string of the molecule is COCC(O)(CCCN)c1c(F)ccc(Br)c1F. The van der Waals surface area contributed by atoms with E-state index in [1.807, 2.05) is 0 Å². The third-order valence-electron chi connectivity index (χ3n) is 2.69. The molecule has 102 valence electrons. The molecule has 0 aliphatic rings. The number of halogens is 3. The Morgan fingerprint density at radius 2 is 2.11 bits per heavy atom. The maximum atomic E-state index is 14.0. The number of hydrogen-bond donors (Lipinski definition) is 2. The van der Waals surface area contributed by atoms with Gasteiger partial charge in [-0.3, -0.25) is 0 Å². The maximum absolute atomic E-state index is 14.0. The van der Waals surface area contributed by atoms with Crippen LogP contribution in [0.25, 0.3) is 0 Å². The second-order valence-electron chi connectivity index (χ2n) is 4.08. The van der Waals surface area contributed by atoms with E-state index in [2.05, 4.69) is 15.9 Å². The number of ether oxygens (including phenoxy) is 1. The zero-order valence-corrected chi connectivity index (χ0v) is 11.6. The van der Waals surface area contributed by atoms with Gasteiger partial charge in [0.1, 0.15) is 17.2 Å². The molecule has 0 bridgehead atoms. The summed E-state index contributed by atoms with van der Waals surface area (Å²) in [7, 11) is 1.36. The summed E-state index contributed by atoms with van der Waals surface area (Å²) in [6.07, 6.45) is 0.562. The highest BCUT2D eigenvalue weighted by molar-refractivity contribution is 9.10. The Morgan fingerprint density at radius 1 is 1.44 bits per heavy atom. The Hall–Kier alpha value is -0.560. The van der Waals surface area contributed by atoms with Gasteiger partial charge in [0, 0.05) is 7.11 Å². The van der Waals surface area contributed by atoms with Crippen molar-refractivity contribution in [2.45, 2.75) is 18.4 Å². The summed E-state index contributed by atoms with van der Waals surface area (Å²) in [6.45, 7) is 0.126. The fourth-order valence-corrected chi connectivity index (χ4v) is 2.19. The van der Waals surface area contributed by atoms with Crippen LogP contribution in [0.15, 0.2) is 16.6 Å². The minimum atomic E-state index is -1.72. The first kappa shape index (κ1) is 15.5. The van der Waals surface area contributed by atoms with E-state index < -0.39 is 17.2 Å². The van der Waals surface area contributed by atoms with Crippen molar-refractivity contribution < 1.29 is 18.6 Å². The van der Waals surface area contributed by atoms with E-state index in [1.165, 1.54) is 13.2 Å². The lowest BCUT2D eigenvalue weighted by molar-refractivity contribution is -0.0478. The fourth-order valence-electron chi connectivity index (χ4n) is 1.86. The lowest BCUT2D eigenvalue weighted by atomic mass is 9.89. The van der Waals surface area contributed by atoms with Crippen molar-refractivity contribution in [3.05, 3.63) is 33.8 Å². The average Bonchev–Trinajstić information content (AvgIpc) is 2.32. The van der Waals surface area contributed by atoms with Gasteiger partial charge in [-0.25, -0.2) is 8.78 Å². The van der Waals surface area contributed by atoms with Gasteiger partial charge in [0.25, 0.3) is 0 Å². The Labute approximate surface area is 113 Å². The van der Waals surface area contributed by atoms with Crippen LogP contribution in [0.1, 0.15) is 18.4 Å². The summed E-state index contributed by atoms with van der Waals surface area (Å²) in [5.74, 6) is -1.61. The molecule has 0 spiro atoms. The molecule has 6 heteroatoms. The zero-order chi connectivity index (χ0) is 13.8. The van der Waals surface area contributed by atoms with Gasteiger partial charge in [-0.05, 0) is 47.4 Å². The monoisotopic (exact) mass is 323 g/mol. The molecule has 3 nitrogen and oxygen atoms in total. The number of methoxy groups -OCH3 is 1. The summed E-state index contributed by atoms with van der Waals surface area (Å²) in [4.78, 5) is 0. The lowest BCUT2D eigenvalue weighted by Crippen LogP contribution is -2.34. The highest BCUT2D eigenvalue weighted by Gasteiger charge is 2.35. The normalized spacial score (nSPS) is 14.6. The highest BCUT2D eigenvalue weighted by Crippen LogP contribution is 2.34. The average molecular weight is 324 g/mol. The van der Waals surface area contributed by atoms with Crippen LogP contribution in [0, 0.1) is 11.6 Å². The third kappa shape index (κ3) is 3.26. The molecule has 0 fully saturated rings. The fraction of sp³-hybridized carbons (Fsp3) is 0.500. The van der Waals surface area contributed by atoms with E-state index in [4.69, 9.17) is 10.5 Å². The van der Waals surface area contributed by atoms with Crippen LogP contribution in [-0.4, -0.2) is 25.4 Å². The predicted octanol–water partition coefficient (Wildman–Crippen LogP) is 2.30. The van der Waals surface area contributed by atoms with Crippen LogP contribution in [-0.2, 0) is 10.3 Å². The van der Waals surface area contributed by atoms with E-state index in [9.17, 15) is 13.9 Å². The Bertz CT molecular complexity index is 417. The molecular weight excluding hydrogens is 308 g/mol. The van der Waals surface area contributed by atoms with Gasteiger partial charge in [0.2, 0.25) is 0 Å². The van der Waals surface area contributed by atoms with Crippen LogP contribution < -0.4 is 5.73 Å². The molecule has 1 aromatic carbocycles. The summed E-state index contributed by atoms with van der Waals surface area (Å²) >= 11 is 2.97. The molecule has 0 radical (unpaired) electrons. The van der Waals surface area contributed by atoms with E-state index in [0.29, 0.717) is 13.0 Å². The molecule has 0 saturated carbocycles. The molecule has 0 amide bonds. The number of aliphatic hydroxyl groups is 1. The molecule has 0 saturated heterocycles. The Kier molecular flexibility index (Phi) is 5.65. The molecule has 0 aliphatic heterocycles. The molecule has 0 aliphatic carbocycles. The van der Waals surface area contributed by atoms with Crippen molar-refractivity contribution in [2.75, 3.05) is 20.3 Å². The molecule has 1 unspecified atom stereocenters. The molecule has 1 rings (SSSR count). The molecule has 3 N–H and O–H groups in total. The quantitative estimate of drug-likeness (QED) is 0.790. The second-order valence-corrected chi connectivity index (χ2v) is 4.93. The predicted molar refractivity (Wildman–Crippen MR) is 68.1 cm³/mol. The van der Waals surface area contributed by atoms with Gasteiger partial charge >= 0.3 is 0 Å². The van der Waals surface area contributed by atoms with Crippen LogP contribution >= 0.6 is 15.9 Å².